The Morgan fingerprint density at radius 3 is 2.65 bits per heavy atom. The van der Waals surface area contributed by atoms with Crippen molar-refractivity contribution in [2.75, 3.05) is 19.0 Å². The number of nitrogens with one attached hydrogen (secondary N) is 1. The molecular weight excluding hydrogens is 458 g/mol. The molecule has 1 N–H and O–H groups in total. The van der Waals surface area contributed by atoms with E-state index in [0.717, 1.165) is 36.3 Å². The highest BCUT2D eigenvalue weighted by Gasteiger charge is 2.27. The first-order valence-corrected chi connectivity index (χ1v) is 11.8. The largest absolute Gasteiger partial charge is 0.486 e. The smallest absolute Gasteiger partial charge is 0.348 e. The number of hydrogen-bond acceptors (Lipinski definition) is 8. The quantitative estimate of drug-likeness (QED) is 0.453. The molecule has 0 unspecified atom stereocenters. The number of benzene rings is 1. The highest BCUT2D eigenvalue weighted by atomic mass is 32.1. The number of furan rings is 1. The lowest BCUT2D eigenvalue weighted by atomic mass is 10.1. The number of carbonyl (C=O) groups is 3. The average molecular weight is 484 g/mol. The van der Waals surface area contributed by atoms with Crippen molar-refractivity contribution in [2.45, 2.75) is 39.7 Å². The van der Waals surface area contributed by atoms with Gasteiger partial charge in [-0.3, -0.25) is 4.79 Å². The fourth-order valence-electron chi connectivity index (χ4n) is 3.88. The maximum absolute atomic E-state index is 12.8. The molecule has 0 saturated carbocycles. The first-order valence-electron chi connectivity index (χ1n) is 10.9. The lowest BCUT2D eigenvalue weighted by Crippen LogP contribution is -2.13. The number of hydrogen-bond donors (Lipinski definition) is 1. The van der Waals surface area contributed by atoms with E-state index in [9.17, 15) is 14.4 Å². The number of rotatable bonds is 8. The molecule has 34 heavy (non-hydrogen) atoms. The Kier molecular flexibility index (Phi) is 7.02. The van der Waals surface area contributed by atoms with Crippen LogP contribution in [0.5, 0.6) is 5.75 Å². The molecule has 1 aliphatic rings. The minimum Gasteiger partial charge on any atom is -0.486 e. The first-order chi connectivity index (χ1) is 16.4. The van der Waals surface area contributed by atoms with Gasteiger partial charge in [-0.15, -0.1) is 11.3 Å². The molecule has 2 heterocycles. The van der Waals surface area contributed by atoms with E-state index < -0.39 is 17.8 Å². The van der Waals surface area contributed by atoms with Crippen molar-refractivity contribution in [3.05, 3.63) is 69.0 Å². The number of aryl methyl sites for hydroxylation is 2. The van der Waals surface area contributed by atoms with Gasteiger partial charge in [-0.25, -0.2) is 9.59 Å². The predicted octanol–water partition coefficient (Wildman–Crippen LogP) is 4.93. The fraction of sp³-hybridized carbons (Fsp3) is 0.320. The Hall–Kier alpha value is -3.59. The van der Waals surface area contributed by atoms with Gasteiger partial charge < -0.3 is 23.9 Å². The van der Waals surface area contributed by atoms with E-state index in [1.807, 2.05) is 12.1 Å². The second-order valence-corrected chi connectivity index (χ2v) is 8.79. The van der Waals surface area contributed by atoms with Crippen LogP contribution in [0.4, 0.5) is 5.00 Å². The Labute approximate surface area is 200 Å². The summed E-state index contributed by atoms with van der Waals surface area (Å²) in [7, 11) is 1.23. The molecule has 9 heteroatoms. The van der Waals surface area contributed by atoms with Crippen LogP contribution in [-0.2, 0) is 28.9 Å². The van der Waals surface area contributed by atoms with Crippen LogP contribution >= 0.6 is 11.3 Å². The van der Waals surface area contributed by atoms with Gasteiger partial charge in [0, 0.05) is 0 Å². The summed E-state index contributed by atoms with van der Waals surface area (Å²) in [5.74, 6) is -0.514. The normalized spacial score (nSPS) is 12.2. The van der Waals surface area contributed by atoms with Gasteiger partial charge in [-0.1, -0.05) is 6.07 Å². The van der Waals surface area contributed by atoms with Gasteiger partial charge >= 0.3 is 11.9 Å². The number of thiophene rings is 1. The van der Waals surface area contributed by atoms with E-state index in [4.69, 9.17) is 18.6 Å². The van der Waals surface area contributed by atoms with Crippen LogP contribution in [0.25, 0.3) is 0 Å². The second-order valence-electron chi connectivity index (χ2n) is 7.77. The topological polar surface area (TPSA) is 104 Å². The zero-order chi connectivity index (χ0) is 24.2. The number of amides is 1. The predicted molar refractivity (Wildman–Crippen MR) is 126 cm³/mol. The average Bonchev–Trinajstić information content (AvgIpc) is 3.56. The van der Waals surface area contributed by atoms with Crippen LogP contribution in [0.1, 0.15) is 66.4 Å². The highest BCUT2D eigenvalue weighted by molar-refractivity contribution is 7.18. The van der Waals surface area contributed by atoms with Crippen molar-refractivity contribution in [3.63, 3.8) is 0 Å². The molecule has 0 aliphatic heterocycles. The zero-order valence-electron chi connectivity index (χ0n) is 19.2. The van der Waals surface area contributed by atoms with Gasteiger partial charge in [0.1, 0.15) is 28.0 Å². The van der Waals surface area contributed by atoms with Gasteiger partial charge in [0.05, 0.1) is 19.3 Å². The van der Waals surface area contributed by atoms with Gasteiger partial charge in [0.15, 0.2) is 5.76 Å². The Bertz CT molecular complexity index is 1240. The molecule has 0 fully saturated rings. The van der Waals surface area contributed by atoms with Crippen LogP contribution in [-0.4, -0.2) is 31.6 Å². The van der Waals surface area contributed by atoms with Gasteiger partial charge in [0.25, 0.3) is 5.91 Å². The van der Waals surface area contributed by atoms with Crippen molar-refractivity contribution in [1.82, 2.24) is 0 Å². The minimum absolute atomic E-state index is 0.0482. The molecule has 2 aromatic heterocycles. The lowest BCUT2D eigenvalue weighted by Gasteiger charge is -2.07. The molecule has 4 rings (SSSR count). The molecule has 1 amide bonds. The minimum atomic E-state index is -0.664. The van der Waals surface area contributed by atoms with Crippen LogP contribution in [0.15, 0.2) is 34.7 Å². The zero-order valence-corrected chi connectivity index (χ0v) is 20.0. The number of esters is 2. The summed E-state index contributed by atoms with van der Waals surface area (Å²) in [5.41, 5.74) is 3.17. The standard InChI is InChI=1S/C25H25NO7S/c1-4-31-25(29)21-14(2)20(24(28)30-3)23(34-21)26-22(27)19-11-10-18(33-19)13-32-17-9-8-15-6-5-7-16(15)12-17/h8-12H,4-7,13H2,1-3H3,(H,26,27). The Balaban J connectivity index is 1.46. The molecule has 178 valence electrons. The van der Waals surface area contributed by atoms with Gasteiger partial charge in [0.2, 0.25) is 0 Å². The highest BCUT2D eigenvalue weighted by Crippen LogP contribution is 2.34. The number of ether oxygens (including phenoxy) is 3. The first kappa shape index (κ1) is 23.6. The third kappa shape index (κ3) is 4.84. The number of anilines is 1. The molecule has 0 bridgehead atoms. The molecule has 8 nitrogen and oxygen atoms in total. The summed E-state index contributed by atoms with van der Waals surface area (Å²) in [6.07, 6.45) is 3.33. The van der Waals surface area contributed by atoms with Crippen LogP contribution in [0.3, 0.4) is 0 Å². The molecule has 0 saturated heterocycles. The monoisotopic (exact) mass is 483 g/mol. The molecular formula is C25H25NO7S. The molecule has 1 aliphatic carbocycles. The summed E-state index contributed by atoms with van der Waals surface area (Å²) < 4.78 is 21.3. The number of carbonyl (C=O) groups excluding carboxylic acids is 3. The summed E-state index contributed by atoms with van der Waals surface area (Å²) >= 11 is 0.951. The number of methoxy groups -OCH3 is 1. The van der Waals surface area contributed by atoms with Crippen LogP contribution in [0.2, 0.25) is 0 Å². The third-order valence-electron chi connectivity index (χ3n) is 5.56. The second kappa shape index (κ2) is 10.1. The number of fused-ring (bicyclic) bond motifs is 1. The Morgan fingerprint density at radius 1 is 1.09 bits per heavy atom. The van der Waals surface area contributed by atoms with E-state index in [-0.39, 0.29) is 34.4 Å². The summed E-state index contributed by atoms with van der Waals surface area (Å²) in [5, 5.41) is 2.84. The lowest BCUT2D eigenvalue weighted by molar-refractivity contribution is 0.0531. The summed E-state index contributed by atoms with van der Waals surface area (Å²) in [4.78, 5) is 37.6. The van der Waals surface area contributed by atoms with E-state index in [1.54, 1.807) is 19.9 Å². The van der Waals surface area contributed by atoms with Crippen LogP contribution in [0, 0.1) is 6.92 Å². The van der Waals surface area contributed by atoms with Crippen molar-refractivity contribution in [1.29, 1.82) is 0 Å². The molecule has 1 aromatic carbocycles. The van der Waals surface area contributed by atoms with Crippen LogP contribution < -0.4 is 10.1 Å². The van der Waals surface area contributed by atoms with Crippen molar-refractivity contribution in [2.24, 2.45) is 0 Å². The van der Waals surface area contributed by atoms with E-state index in [2.05, 4.69) is 11.4 Å². The molecule has 0 radical (unpaired) electrons. The van der Waals surface area contributed by atoms with Crippen molar-refractivity contribution in [3.8, 4) is 5.75 Å². The van der Waals surface area contributed by atoms with E-state index >= 15 is 0 Å². The van der Waals surface area contributed by atoms with E-state index in [1.165, 1.54) is 24.3 Å². The van der Waals surface area contributed by atoms with Crippen molar-refractivity contribution >= 4 is 34.2 Å². The SMILES string of the molecule is CCOC(=O)c1sc(NC(=O)c2ccc(COc3ccc4c(c3)CCC4)o2)c(C(=O)OC)c1C. The summed E-state index contributed by atoms with van der Waals surface area (Å²) in [6.45, 7) is 3.65. The molecule has 3 aromatic rings. The third-order valence-corrected chi connectivity index (χ3v) is 6.75. The van der Waals surface area contributed by atoms with Crippen molar-refractivity contribution < 1.29 is 33.0 Å². The van der Waals surface area contributed by atoms with Gasteiger partial charge in [-0.2, -0.15) is 0 Å². The molecule has 0 atom stereocenters. The maximum Gasteiger partial charge on any atom is 0.348 e. The van der Waals surface area contributed by atoms with E-state index in [0.29, 0.717) is 11.3 Å². The fourth-order valence-corrected chi connectivity index (χ4v) is 4.96. The Morgan fingerprint density at radius 2 is 1.88 bits per heavy atom. The summed E-state index contributed by atoms with van der Waals surface area (Å²) in [6, 6.07) is 9.27. The van der Waals surface area contributed by atoms with Gasteiger partial charge in [-0.05, 0) is 74.1 Å². The molecule has 0 spiro atoms. The maximum atomic E-state index is 12.8.